The first-order chi connectivity index (χ1) is 7.18. The van der Waals surface area contributed by atoms with Gasteiger partial charge in [0.05, 0.1) is 6.61 Å². The lowest BCUT2D eigenvalue weighted by atomic mass is 9.84. The molecule has 0 amide bonds. The molecule has 92 valence electrons. The van der Waals surface area contributed by atoms with Gasteiger partial charge >= 0.3 is 0 Å². The van der Waals surface area contributed by atoms with Crippen molar-refractivity contribution in [2.75, 3.05) is 40.0 Å². The van der Waals surface area contributed by atoms with Crippen LogP contribution in [0.25, 0.3) is 0 Å². The Morgan fingerprint density at radius 3 is 2.47 bits per heavy atom. The number of methoxy groups -OCH3 is 1. The van der Waals surface area contributed by atoms with Crippen LogP contribution in [-0.4, -0.2) is 40.0 Å². The van der Waals surface area contributed by atoms with Crippen molar-refractivity contribution in [1.29, 1.82) is 0 Å². The van der Waals surface area contributed by atoms with Crippen LogP contribution in [0, 0.1) is 5.41 Å². The normalized spacial score (nSPS) is 15.2. The molecule has 0 rings (SSSR count). The highest BCUT2D eigenvalue weighted by Crippen LogP contribution is 2.24. The van der Waals surface area contributed by atoms with E-state index >= 15 is 0 Å². The van der Waals surface area contributed by atoms with E-state index in [2.05, 4.69) is 19.2 Å². The highest BCUT2D eigenvalue weighted by atomic mass is 16.5. The van der Waals surface area contributed by atoms with Gasteiger partial charge in [-0.15, -0.1) is 0 Å². The van der Waals surface area contributed by atoms with Crippen LogP contribution in [0.15, 0.2) is 0 Å². The first kappa shape index (κ1) is 14.9. The van der Waals surface area contributed by atoms with Crippen molar-refractivity contribution in [2.24, 2.45) is 5.41 Å². The van der Waals surface area contributed by atoms with Crippen molar-refractivity contribution in [3.8, 4) is 0 Å². The fourth-order valence-electron chi connectivity index (χ4n) is 1.42. The molecule has 0 aliphatic carbocycles. The lowest BCUT2D eigenvalue weighted by molar-refractivity contribution is 0.104. The van der Waals surface area contributed by atoms with Crippen LogP contribution in [-0.2, 0) is 9.47 Å². The minimum absolute atomic E-state index is 0.350. The molecule has 1 unspecified atom stereocenters. The third-order valence-electron chi connectivity index (χ3n) is 2.94. The van der Waals surface area contributed by atoms with E-state index in [9.17, 15) is 0 Å². The SMILES string of the molecule is CCOCCC(C)(CC)CNCCOC. The summed E-state index contributed by atoms with van der Waals surface area (Å²) in [6.45, 7) is 11.0. The summed E-state index contributed by atoms with van der Waals surface area (Å²) in [4.78, 5) is 0. The fourth-order valence-corrected chi connectivity index (χ4v) is 1.42. The lowest BCUT2D eigenvalue weighted by Gasteiger charge is -2.28. The summed E-state index contributed by atoms with van der Waals surface area (Å²) in [7, 11) is 1.73. The summed E-state index contributed by atoms with van der Waals surface area (Å²) in [6, 6.07) is 0. The number of rotatable bonds is 10. The lowest BCUT2D eigenvalue weighted by Crippen LogP contribution is -2.34. The number of hydrogen-bond donors (Lipinski definition) is 1. The van der Waals surface area contributed by atoms with Crippen molar-refractivity contribution in [3.05, 3.63) is 0 Å². The Balaban J connectivity index is 3.65. The van der Waals surface area contributed by atoms with Gasteiger partial charge in [-0.1, -0.05) is 13.8 Å². The maximum Gasteiger partial charge on any atom is 0.0587 e. The van der Waals surface area contributed by atoms with Gasteiger partial charge in [0.1, 0.15) is 0 Å². The molecule has 0 fully saturated rings. The van der Waals surface area contributed by atoms with Crippen LogP contribution in [0.3, 0.4) is 0 Å². The first-order valence-corrected chi connectivity index (χ1v) is 5.96. The van der Waals surface area contributed by atoms with Crippen molar-refractivity contribution in [1.82, 2.24) is 5.32 Å². The van der Waals surface area contributed by atoms with Crippen molar-refractivity contribution >= 4 is 0 Å². The standard InChI is InChI=1S/C12H27NO2/c1-5-12(3,7-9-15-6-2)11-13-8-10-14-4/h13H,5-11H2,1-4H3. The van der Waals surface area contributed by atoms with E-state index in [4.69, 9.17) is 9.47 Å². The Kier molecular flexibility index (Phi) is 9.06. The molecular weight excluding hydrogens is 190 g/mol. The molecule has 3 heteroatoms. The van der Waals surface area contributed by atoms with E-state index in [0.29, 0.717) is 5.41 Å². The molecule has 0 bridgehead atoms. The van der Waals surface area contributed by atoms with E-state index in [1.165, 1.54) is 6.42 Å². The van der Waals surface area contributed by atoms with E-state index in [0.717, 1.165) is 39.3 Å². The fraction of sp³-hybridized carbons (Fsp3) is 1.00. The summed E-state index contributed by atoms with van der Waals surface area (Å²) in [5, 5.41) is 3.42. The van der Waals surface area contributed by atoms with Gasteiger partial charge in [0, 0.05) is 33.4 Å². The molecule has 1 atom stereocenters. The van der Waals surface area contributed by atoms with Crippen LogP contribution in [0.5, 0.6) is 0 Å². The van der Waals surface area contributed by atoms with Gasteiger partial charge in [0.25, 0.3) is 0 Å². The smallest absolute Gasteiger partial charge is 0.0587 e. The number of hydrogen-bond acceptors (Lipinski definition) is 3. The Morgan fingerprint density at radius 2 is 1.93 bits per heavy atom. The molecule has 3 nitrogen and oxygen atoms in total. The van der Waals surface area contributed by atoms with Gasteiger partial charge in [-0.3, -0.25) is 0 Å². The Labute approximate surface area is 94.5 Å². The zero-order valence-corrected chi connectivity index (χ0v) is 10.8. The second kappa shape index (κ2) is 9.13. The Morgan fingerprint density at radius 1 is 1.20 bits per heavy atom. The molecule has 15 heavy (non-hydrogen) atoms. The van der Waals surface area contributed by atoms with Gasteiger partial charge < -0.3 is 14.8 Å². The molecule has 0 saturated carbocycles. The van der Waals surface area contributed by atoms with Crippen LogP contribution in [0.2, 0.25) is 0 Å². The maximum atomic E-state index is 5.41. The van der Waals surface area contributed by atoms with E-state index in [1.807, 2.05) is 6.92 Å². The van der Waals surface area contributed by atoms with E-state index < -0.39 is 0 Å². The van der Waals surface area contributed by atoms with Gasteiger partial charge in [-0.05, 0) is 25.2 Å². The van der Waals surface area contributed by atoms with Crippen LogP contribution < -0.4 is 5.32 Å². The van der Waals surface area contributed by atoms with Gasteiger partial charge in [-0.2, -0.15) is 0 Å². The molecule has 0 aromatic heterocycles. The second-order valence-corrected chi connectivity index (χ2v) is 4.28. The van der Waals surface area contributed by atoms with Gasteiger partial charge in [-0.25, -0.2) is 0 Å². The minimum atomic E-state index is 0.350. The van der Waals surface area contributed by atoms with Crippen LogP contribution in [0.1, 0.15) is 33.6 Å². The molecular formula is C12H27NO2. The highest BCUT2D eigenvalue weighted by molar-refractivity contribution is 4.75. The summed E-state index contributed by atoms with van der Waals surface area (Å²) in [5.74, 6) is 0. The molecule has 0 radical (unpaired) electrons. The predicted octanol–water partition coefficient (Wildman–Crippen LogP) is 2.07. The molecule has 0 aliphatic heterocycles. The summed E-state index contributed by atoms with van der Waals surface area (Å²) in [5.41, 5.74) is 0.350. The zero-order chi connectivity index (χ0) is 11.6. The summed E-state index contributed by atoms with van der Waals surface area (Å²) < 4.78 is 10.4. The molecule has 0 aromatic rings. The molecule has 0 spiro atoms. The average molecular weight is 217 g/mol. The maximum absolute atomic E-state index is 5.41. The molecule has 0 aliphatic rings. The van der Waals surface area contributed by atoms with E-state index in [1.54, 1.807) is 7.11 Å². The van der Waals surface area contributed by atoms with E-state index in [-0.39, 0.29) is 0 Å². The quantitative estimate of drug-likeness (QED) is 0.568. The van der Waals surface area contributed by atoms with Gasteiger partial charge in [0.2, 0.25) is 0 Å². The largest absolute Gasteiger partial charge is 0.383 e. The third-order valence-corrected chi connectivity index (χ3v) is 2.94. The minimum Gasteiger partial charge on any atom is -0.383 e. The van der Waals surface area contributed by atoms with Crippen molar-refractivity contribution in [3.63, 3.8) is 0 Å². The highest BCUT2D eigenvalue weighted by Gasteiger charge is 2.20. The Hall–Kier alpha value is -0.120. The molecule has 0 aromatic carbocycles. The average Bonchev–Trinajstić information content (AvgIpc) is 2.25. The topological polar surface area (TPSA) is 30.5 Å². The second-order valence-electron chi connectivity index (χ2n) is 4.28. The van der Waals surface area contributed by atoms with Crippen molar-refractivity contribution in [2.45, 2.75) is 33.6 Å². The summed E-state index contributed by atoms with van der Waals surface area (Å²) >= 11 is 0. The van der Waals surface area contributed by atoms with Crippen LogP contribution >= 0.6 is 0 Å². The monoisotopic (exact) mass is 217 g/mol. The molecule has 0 saturated heterocycles. The molecule has 0 heterocycles. The Bertz CT molecular complexity index is 142. The van der Waals surface area contributed by atoms with Gasteiger partial charge in [0.15, 0.2) is 0 Å². The summed E-state index contributed by atoms with van der Waals surface area (Å²) in [6.07, 6.45) is 2.30. The third kappa shape index (κ3) is 7.77. The van der Waals surface area contributed by atoms with Crippen molar-refractivity contribution < 1.29 is 9.47 Å². The molecule has 1 N–H and O–H groups in total. The predicted molar refractivity (Wildman–Crippen MR) is 64.3 cm³/mol. The number of nitrogens with one attached hydrogen (secondary N) is 1. The first-order valence-electron chi connectivity index (χ1n) is 5.96. The van der Waals surface area contributed by atoms with Crippen LogP contribution in [0.4, 0.5) is 0 Å². The number of ether oxygens (including phenoxy) is 2. The zero-order valence-electron chi connectivity index (χ0n) is 10.8.